The topological polar surface area (TPSA) is 23.6 Å². The lowest BCUT2D eigenvalue weighted by Gasteiger charge is -2.44. The van der Waals surface area contributed by atoms with E-state index in [0.717, 1.165) is 30.2 Å². The summed E-state index contributed by atoms with van der Waals surface area (Å²) in [5.74, 6) is 0.0513. The molecule has 0 aliphatic carbocycles. The first kappa shape index (κ1) is 19.9. The molecule has 1 aliphatic rings. The predicted octanol–water partition coefficient (Wildman–Crippen LogP) is 5.13. The Hall–Kier alpha value is -1.81. The van der Waals surface area contributed by atoms with Crippen LogP contribution >= 0.6 is 23.2 Å². The second-order valence-electron chi connectivity index (χ2n) is 7.13. The van der Waals surface area contributed by atoms with Gasteiger partial charge < -0.3 is 4.90 Å². The van der Waals surface area contributed by atoms with E-state index >= 15 is 0 Å². The van der Waals surface area contributed by atoms with Crippen LogP contribution in [0, 0.1) is 0 Å². The van der Waals surface area contributed by atoms with E-state index in [-0.39, 0.29) is 11.9 Å². The largest absolute Gasteiger partial charge is 0.334 e. The molecule has 0 spiro atoms. The number of halogens is 2. The summed E-state index contributed by atoms with van der Waals surface area (Å²) in [5.41, 5.74) is 2.20. The minimum atomic E-state index is 0.0513. The molecular weight excluding hydrogens is 379 g/mol. The van der Waals surface area contributed by atoms with Crippen molar-refractivity contribution >= 4 is 35.2 Å². The lowest BCUT2D eigenvalue weighted by molar-refractivity contribution is -0.131. The fourth-order valence-electron chi connectivity index (χ4n) is 3.39. The van der Waals surface area contributed by atoms with Gasteiger partial charge in [-0.05, 0) is 55.3 Å². The second kappa shape index (κ2) is 8.92. The zero-order chi connectivity index (χ0) is 19.4. The predicted molar refractivity (Wildman–Crippen MR) is 113 cm³/mol. The minimum Gasteiger partial charge on any atom is -0.334 e. The maximum absolute atomic E-state index is 12.7. The van der Waals surface area contributed by atoms with Crippen molar-refractivity contribution in [3.05, 3.63) is 75.8 Å². The molecule has 0 aromatic heterocycles. The Morgan fingerprint density at radius 1 is 0.963 bits per heavy atom. The first-order valence-corrected chi connectivity index (χ1v) is 9.90. The van der Waals surface area contributed by atoms with Crippen molar-refractivity contribution < 1.29 is 4.79 Å². The van der Waals surface area contributed by atoms with Crippen LogP contribution < -0.4 is 0 Å². The molecule has 5 heteroatoms. The molecule has 27 heavy (non-hydrogen) atoms. The Balaban J connectivity index is 1.61. The average molecular weight is 403 g/mol. The number of benzene rings is 2. The van der Waals surface area contributed by atoms with E-state index in [1.165, 1.54) is 5.56 Å². The van der Waals surface area contributed by atoms with E-state index in [2.05, 4.69) is 30.9 Å². The van der Waals surface area contributed by atoms with E-state index in [1.54, 1.807) is 6.08 Å². The van der Waals surface area contributed by atoms with Crippen molar-refractivity contribution in [2.24, 2.45) is 0 Å². The molecule has 2 aromatic carbocycles. The van der Waals surface area contributed by atoms with Gasteiger partial charge >= 0.3 is 0 Å². The molecule has 2 aromatic rings. The van der Waals surface area contributed by atoms with Crippen molar-refractivity contribution in [2.75, 3.05) is 13.1 Å². The lowest BCUT2D eigenvalue weighted by atomic mass is 10.1. The quantitative estimate of drug-likeness (QED) is 0.661. The SMILES string of the molecule is C[C@@H]1CN(Cc2ccc(Cl)cc2)[C@@H](C)CN1C(=O)C=Cc1ccc(Cl)cc1. The third-order valence-electron chi connectivity index (χ3n) is 4.99. The van der Waals surface area contributed by atoms with Gasteiger partial charge in [-0.3, -0.25) is 9.69 Å². The van der Waals surface area contributed by atoms with Gasteiger partial charge in [-0.1, -0.05) is 47.5 Å². The van der Waals surface area contributed by atoms with Crippen LogP contribution in [-0.2, 0) is 11.3 Å². The first-order chi connectivity index (χ1) is 12.9. The molecule has 1 heterocycles. The summed E-state index contributed by atoms with van der Waals surface area (Å²) in [6.45, 7) is 6.72. The Labute approximate surface area is 171 Å². The number of carbonyl (C=O) groups is 1. The normalized spacial score (nSPS) is 21.0. The Morgan fingerprint density at radius 2 is 1.56 bits per heavy atom. The summed E-state index contributed by atoms with van der Waals surface area (Å²) in [6, 6.07) is 15.9. The maximum atomic E-state index is 12.7. The van der Waals surface area contributed by atoms with Gasteiger partial charge in [0.1, 0.15) is 0 Å². The molecule has 0 bridgehead atoms. The fourth-order valence-corrected chi connectivity index (χ4v) is 3.64. The monoisotopic (exact) mass is 402 g/mol. The third kappa shape index (κ3) is 5.35. The number of piperazine rings is 1. The molecule has 2 atom stereocenters. The lowest BCUT2D eigenvalue weighted by Crippen LogP contribution is -2.57. The molecule has 0 unspecified atom stereocenters. The van der Waals surface area contributed by atoms with Gasteiger partial charge in [0, 0.05) is 47.8 Å². The van der Waals surface area contributed by atoms with E-state index in [0.29, 0.717) is 11.1 Å². The van der Waals surface area contributed by atoms with Gasteiger partial charge in [0.2, 0.25) is 5.91 Å². The Bertz CT molecular complexity index is 802. The molecule has 3 nitrogen and oxygen atoms in total. The number of rotatable bonds is 4. The van der Waals surface area contributed by atoms with Crippen LogP contribution in [0.2, 0.25) is 10.0 Å². The Kier molecular flexibility index (Phi) is 6.59. The number of hydrogen-bond donors (Lipinski definition) is 0. The molecule has 0 N–H and O–H groups in total. The van der Waals surface area contributed by atoms with Crippen LogP contribution in [0.25, 0.3) is 6.08 Å². The van der Waals surface area contributed by atoms with Crippen LogP contribution in [0.5, 0.6) is 0 Å². The minimum absolute atomic E-state index is 0.0513. The van der Waals surface area contributed by atoms with E-state index < -0.39 is 0 Å². The molecule has 3 rings (SSSR count). The molecule has 1 fully saturated rings. The summed E-state index contributed by atoms with van der Waals surface area (Å²) in [6.07, 6.45) is 3.50. The first-order valence-electron chi connectivity index (χ1n) is 9.15. The summed E-state index contributed by atoms with van der Waals surface area (Å²) >= 11 is 11.9. The average Bonchev–Trinajstić information content (AvgIpc) is 2.65. The molecule has 1 amide bonds. The highest BCUT2D eigenvalue weighted by molar-refractivity contribution is 6.30. The summed E-state index contributed by atoms with van der Waals surface area (Å²) in [5, 5.41) is 1.45. The Morgan fingerprint density at radius 3 is 2.19 bits per heavy atom. The highest BCUT2D eigenvalue weighted by atomic mass is 35.5. The van der Waals surface area contributed by atoms with E-state index in [9.17, 15) is 4.79 Å². The van der Waals surface area contributed by atoms with Crippen LogP contribution in [0.3, 0.4) is 0 Å². The highest BCUT2D eigenvalue weighted by Gasteiger charge is 2.30. The second-order valence-corrected chi connectivity index (χ2v) is 8.00. The van der Waals surface area contributed by atoms with E-state index in [1.807, 2.05) is 47.4 Å². The van der Waals surface area contributed by atoms with Crippen molar-refractivity contribution in [3.8, 4) is 0 Å². The molecule has 0 saturated carbocycles. The number of hydrogen-bond acceptors (Lipinski definition) is 2. The van der Waals surface area contributed by atoms with Crippen molar-refractivity contribution in [1.82, 2.24) is 9.80 Å². The smallest absolute Gasteiger partial charge is 0.246 e. The van der Waals surface area contributed by atoms with Gasteiger partial charge in [-0.2, -0.15) is 0 Å². The van der Waals surface area contributed by atoms with Gasteiger partial charge in [0.05, 0.1) is 0 Å². The highest BCUT2D eigenvalue weighted by Crippen LogP contribution is 2.20. The van der Waals surface area contributed by atoms with Gasteiger partial charge in [-0.25, -0.2) is 0 Å². The molecule has 1 aliphatic heterocycles. The molecule has 0 radical (unpaired) electrons. The summed E-state index contributed by atoms with van der Waals surface area (Å²) in [7, 11) is 0. The molecule has 1 saturated heterocycles. The molecular formula is C22H24Cl2N2O. The fraction of sp³-hybridized carbons (Fsp3) is 0.318. The summed E-state index contributed by atoms with van der Waals surface area (Å²) < 4.78 is 0. The van der Waals surface area contributed by atoms with Gasteiger partial charge in [0.15, 0.2) is 0 Å². The van der Waals surface area contributed by atoms with Crippen LogP contribution in [0.4, 0.5) is 0 Å². The standard InChI is InChI=1S/C22H24Cl2N2O/c1-16-14-26(22(27)12-7-18-3-8-20(23)9-4-18)17(2)13-25(16)15-19-5-10-21(24)11-6-19/h3-12,16-17H,13-15H2,1-2H3/t16-,17+/m0/s1. The van der Waals surface area contributed by atoms with Crippen molar-refractivity contribution in [3.63, 3.8) is 0 Å². The number of nitrogens with zero attached hydrogens (tertiary/aromatic N) is 2. The van der Waals surface area contributed by atoms with Crippen LogP contribution in [-0.4, -0.2) is 40.9 Å². The third-order valence-corrected chi connectivity index (χ3v) is 5.49. The maximum Gasteiger partial charge on any atom is 0.246 e. The molecule has 142 valence electrons. The van der Waals surface area contributed by atoms with Gasteiger partial charge in [0.25, 0.3) is 0 Å². The number of amides is 1. The van der Waals surface area contributed by atoms with Gasteiger partial charge in [-0.15, -0.1) is 0 Å². The summed E-state index contributed by atoms with van der Waals surface area (Å²) in [4.78, 5) is 17.0. The van der Waals surface area contributed by atoms with Crippen LogP contribution in [0.15, 0.2) is 54.6 Å². The van der Waals surface area contributed by atoms with Crippen LogP contribution in [0.1, 0.15) is 25.0 Å². The zero-order valence-corrected chi connectivity index (χ0v) is 17.1. The van der Waals surface area contributed by atoms with Crippen molar-refractivity contribution in [2.45, 2.75) is 32.5 Å². The number of carbonyl (C=O) groups excluding carboxylic acids is 1. The van der Waals surface area contributed by atoms with Crippen molar-refractivity contribution in [1.29, 1.82) is 0 Å². The van der Waals surface area contributed by atoms with E-state index in [4.69, 9.17) is 23.2 Å². The zero-order valence-electron chi connectivity index (χ0n) is 15.6.